The minimum absolute atomic E-state index is 0.159. The third-order valence-corrected chi connectivity index (χ3v) is 9.64. The van der Waals surface area contributed by atoms with Crippen LogP contribution in [0.3, 0.4) is 0 Å². The van der Waals surface area contributed by atoms with Crippen molar-refractivity contribution >= 4 is 71.1 Å². The highest BCUT2D eigenvalue weighted by molar-refractivity contribution is 9.11. The molecule has 0 saturated carbocycles. The molecule has 1 N–H and O–H groups in total. The van der Waals surface area contributed by atoms with Crippen molar-refractivity contribution < 1.29 is 27.4 Å². The van der Waals surface area contributed by atoms with Gasteiger partial charge in [0.1, 0.15) is 17.2 Å². The van der Waals surface area contributed by atoms with Crippen molar-refractivity contribution in [3.05, 3.63) is 73.5 Å². The zero-order chi connectivity index (χ0) is 26.0. The molecule has 11 heteroatoms. The molecule has 36 heavy (non-hydrogen) atoms. The maximum Gasteiger partial charge on any atom is 0.262 e. The smallest absolute Gasteiger partial charge is 0.262 e. The third kappa shape index (κ3) is 5.44. The maximum absolute atomic E-state index is 13.3. The second kappa shape index (κ2) is 10.9. The summed E-state index contributed by atoms with van der Waals surface area (Å²) in [4.78, 5) is 14.0. The Kier molecular flexibility index (Phi) is 8.03. The predicted octanol–water partition coefficient (Wildman–Crippen LogP) is 6.30. The molecular weight excluding hydrogens is 634 g/mol. The molecule has 0 unspecified atom stereocenters. The second-order valence-electron chi connectivity index (χ2n) is 7.63. The van der Waals surface area contributed by atoms with Gasteiger partial charge in [0.25, 0.3) is 5.91 Å². The number of sulfone groups is 1. The van der Waals surface area contributed by atoms with Gasteiger partial charge in [0.15, 0.2) is 9.84 Å². The van der Waals surface area contributed by atoms with Crippen LogP contribution in [0.2, 0.25) is 0 Å². The lowest BCUT2D eigenvalue weighted by Gasteiger charge is -2.20. The predicted molar refractivity (Wildman–Crippen MR) is 148 cm³/mol. The van der Waals surface area contributed by atoms with Crippen molar-refractivity contribution in [1.29, 1.82) is 0 Å². The molecule has 0 saturated heterocycles. The van der Waals surface area contributed by atoms with E-state index in [1.54, 1.807) is 42.5 Å². The standard InChI is InChI=1S/C25H21Br2NO6S2/c1-32-14-9-21(33-2)16(22(10-14)34-3)12-24-25(29)28-20-8-7-15(11-23(20)35-24)36(30,31)13-17-18(26)5-4-6-19(17)27/h4-12H,13H2,1-3H3,(H,28,29). The second-order valence-corrected chi connectivity index (χ2v) is 12.4. The molecule has 188 valence electrons. The van der Waals surface area contributed by atoms with Gasteiger partial charge in [-0.05, 0) is 42.0 Å². The molecular formula is C25H21Br2NO6S2. The molecule has 0 atom stereocenters. The molecule has 0 aromatic heterocycles. The van der Waals surface area contributed by atoms with Crippen LogP contribution in [0.25, 0.3) is 6.08 Å². The number of methoxy groups -OCH3 is 3. The van der Waals surface area contributed by atoms with Gasteiger partial charge >= 0.3 is 0 Å². The van der Waals surface area contributed by atoms with Crippen LogP contribution in [0, 0.1) is 0 Å². The average molecular weight is 655 g/mol. The molecule has 4 rings (SSSR count). The van der Waals surface area contributed by atoms with E-state index in [4.69, 9.17) is 14.2 Å². The Bertz CT molecular complexity index is 1440. The SMILES string of the molecule is COc1cc(OC)c(C=C2Sc3cc(S(=O)(=O)Cc4c(Br)cccc4Br)ccc3NC2=O)c(OC)c1. The summed E-state index contributed by atoms with van der Waals surface area (Å²) in [6.45, 7) is 0. The van der Waals surface area contributed by atoms with Crippen molar-refractivity contribution in [2.24, 2.45) is 0 Å². The van der Waals surface area contributed by atoms with Crippen LogP contribution < -0.4 is 19.5 Å². The van der Waals surface area contributed by atoms with Crippen LogP contribution in [-0.4, -0.2) is 35.7 Å². The largest absolute Gasteiger partial charge is 0.496 e. The molecule has 0 bridgehead atoms. The Balaban J connectivity index is 1.71. The van der Waals surface area contributed by atoms with Gasteiger partial charge in [-0.25, -0.2) is 8.42 Å². The lowest BCUT2D eigenvalue weighted by molar-refractivity contribution is -0.112. The molecule has 0 aliphatic carbocycles. The van der Waals surface area contributed by atoms with Crippen molar-refractivity contribution in [2.45, 2.75) is 15.5 Å². The molecule has 0 fully saturated rings. The Labute approximate surface area is 230 Å². The van der Waals surface area contributed by atoms with E-state index in [0.29, 0.717) is 52.8 Å². The maximum atomic E-state index is 13.3. The summed E-state index contributed by atoms with van der Waals surface area (Å²) in [5, 5.41) is 2.83. The lowest BCUT2D eigenvalue weighted by Crippen LogP contribution is -2.18. The number of anilines is 1. The van der Waals surface area contributed by atoms with E-state index in [1.165, 1.54) is 39.2 Å². The summed E-state index contributed by atoms with van der Waals surface area (Å²) in [6.07, 6.45) is 1.65. The number of thioether (sulfide) groups is 1. The summed E-state index contributed by atoms with van der Waals surface area (Å²) in [7, 11) is 0.894. The van der Waals surface area contributed by atoms with E-state index in [-0.39, 0.29) is 16.6 Å². The number of ether oxygens (including phenoxy) is 3. The van der Waals surface area contributed by atoms with Crippen molar-refractivity contribution in [3.8, 4) is 17.2 Å². The highest BCUT2D eigenvalue weighted by Crippen LogP contribution is 2.43. The number of amides is 1. The van der Waals surface area contributed by atoms with Crippen LogP contribution in [0.1, 0.15) is 11.1 Å². The number of nitrogens with one attached hydrogen (secondary N) is 1. The van der Waals surface area contributed by atoms with Crippen LogP contribution in [0.4, 0.5) is 5.69 Å². The van der Waals surface area contributed by atoms with Gasteiger partial charge in [-0.2, -0.15) is 0 Å². The fourth-order valence-corrected chi connectivity index (χ4v) is 7.70. The minimum atomic E-state index is -3.67. The fraction of sp³-hybridized carbons (Fsp3) is 0.160. The first kappa shape index (κ1) is 26.6. The Morgan fingerprint density at radius 1 is 0.944 bits per heavy atom. The summed E-state index contributed by atoms with van der Waals surface area (Å²) in [5.74, 6) is 0.971. The van der Waals surface area contributed by atoms with Gasteiger partial charge in [-0.15, -0.1) is 0 Å². The van der Waals surface area contributed by atoms with Gasteiger partial charge in [0.2, 0.25) is 0 Å². The molecule has 0 spiro atoms. The highest BCUT2D eigenvalue weighted by Gasteiger charge is 2.26. The normalized spacial score (nSPS) is 14.2. The van der Waals surface area contributed by atoms with Gasteiger partial charge in [-0.3, -0.25) is 4.79 Å². The number of halogens is 2. The Morgan fingerprint density at radius 3 is 2.17 bits per heavy atom. The number of hydrogen-bond acceptors (Lipinski definition) is 7. The first-order valence-corrected chi connectivity index (χ1v) is 14.5. The molecule has 1 aliphatic rings. The highest BCUT2D eigenvalue weighted by atomic mass is 79.9. The zero-order valence-corrected chi connectivity index (χ0v) is 24.2. The molecule has 1 aliphatic heterocycles. The third-order valence-electron chi connectivity index (χ3n) is 5.43. The van der Waals surface area contributed by atoms with Crippen LogP contribution in [0.15, 0.2) is 72.2 Å². The number of benzene rings is 3. The fourth-order valence-electron chi connectivity index (χ4n) is 3.58. The molecule has 0 radical (unpaired) electrons. The summed E-state index contributed by atoms with van der Waals surface area (Å²) >= 11 is 8.03. The van der Waals surface area contributed by atoms with E-state index in [2.05, 4.69) is 37.2 Å². The minimum Gasteiger partial charge on any atom is -0.496 e. The Hall–Kier alpha value is -2.47. The van der Waals surface area contributed by atoms with Gasteiger partial charge in [-0.1, -0.05) is 49.7 Å². The Morgan fingerprint density at radius 2 is 1.58 bits per heavy atom. The number of carbonyl (C=O) groups is 1. The van der Waals surface area contributed by atoms with Crippen molar-refractivity contribution in [2.75, 3.05) is 26.6 Å². The number of hydrogen-bond donors (Lipinski definition) is 1. The lowest BCUT2D eigenvalue weighted by atomic mass is 10.1. The van der Waals surface area contributed by atoms with Crippen molar-refractivity contribution in [1.82, 2.24) is 0 Å². The molecule has 3 aromatic rings. The average Bonchev–Trinajstić information content (AvgIpc) is 2.86. The monoisotopic (exact) mass is 653 g/mol. The van der Waals surface area contributed by atoms with Gasteiger partial charge in [0, 0.05) is 26.0 Å². The molecule has 1 heterocycles. The molecule has 1 amide bonds. The van der Waals surface area contributed by atoms with Gasteiger partial charge < -0.3 is 19.5 Å². The van der Waals surface area contributed by atoms with E-state index < -0.39 is 9.84 Å². The molecule has 7 nitrogen and oxygen atoms in total. The number of carbonyl (C=O) groups excluding carboxylic acids is 1. The summed E-state index contributed by atoms with van der Waals surface area (Å²) in [5.41, 5.74) is 1.73. The quantitative estimate of drug-likeness (QED) is 0.299. The van der Waals surface area contributed by atoms with Crippen molar-refractivity contribution in [3.63, 3.8) is 0 Å². The number of rotatable bonds is 7. The van der Waals surface area contributed by atoms with E-state index in [9.17, 15) is 13.2 Å². The van der Waals surface area contributed by atoms with Crippen LogP contribution >= 0.6 is 43.6 Å². The van der Waals surface area contributed by atoms with Gasteiger partial charge in [0.05, 0.1) is 48.1 Å². The van der Waals surface area contributed by atoms with E-state index in [1.807, 2.05) is 6.07 Å². The van der Waals surface area contributed by atoms with E-state index >= 15 is 0 Å². The summed E-state index contributed by atoms with van der Waals surface area (Å²) < 4.78 is 44.2. The van der Waals surface area contributed by atoms with Crippen LogP contribution in [-0.2, 0) is 20.4 Å². The molecule has 3 aromatic carbocycles. The topological polar surface area (TPSA) is 90.9 Å². The summed E-state index contributed by atoms with van der Waals surface area (Å²) in [6, 6.07) is 13.5. The van der Waals surface area contributed by atoms with Crippen LogP contribution in [0.5, 0.6) is 17.2 Å². The first-order valence-electron chi connectivity index (χ1n) is 10.5. The first-order chi connectivity index (χ1) is 17.2. The zero-order valence-electron chi connectivity index (χ0n) is 19.4. The number of fused-ring (bicyclic) bond motifs is 1. The van der Waals surface area contributed by atoms with E-state index in [0.717, 1.165) is 0 Å².